The van der Waals surface area contributed by atoms with Crippen molar-refractivity contribution in [2.75, 3.05) is 13.1 Å². The number of carboxylic acids is 1. The fourth-order valence-corrected chi connectivity index (χ4v) is 1.22. The van der Waals surface area contributed by atoms with Crippen LogP contribution in [-0.2, 0) is 9.59 Å². The van der Waals surface area contributed by atoms with E-state index in [4.69, 9.17) is 5.11 Å². The molecule has 0 aromatic heterocycles. The molecule has 1 rings (SSSR count). The quantitative estimate of drug-likeness (QED) is 0.611. The maximum absolute atomic E-state index is 13.3. The van der Waals surface area contributed by atoms with E-state index >= 15 is 0 Å². The third-order valence-corrected chi connectivity index (χ3v) is 2.05. The van der Waals surface area contributed by atoms with Gasteiger partial charge in [0.05, 0.1) is 6.54 Å². The highest BCUT2D eigenvalue weighted by Gasteiger charge is 2.46. The summed E-state index contributed by atoms with van der Waals surface area (Å²) in [5.41, 5.74) is -2.23. The third-order valence-electron chi connectivity index (χ3n) is 2.05. The second kappa shape index (κ2) is 2.73. The average Bonchev–Trinajstić information content (AvgIpc) is 2.33. The Bertz CT molecular complexity index is 231. The van der Waals surface area contributed by atoms with Gasteiger partial charge in [0.15, 0.2) is 0 Å². The van der Waals surface area contributed by atoms with E-state index in [-0.39, 0.29) is 25.4 Å². The Labute approximate surface area is 69.0 Å². The van der Waals surface area contributed by atoms with E-state index < -0.39 is 11.6 Å². The number of rotatable bonds is 1. The molecule has 0 aliphatic carbocycles. The summed E-state index contributed by atoms with van der Waals surface area (Å²) in [6.45, 7) is 1.17. The van der Waals surface area contributed by atoms with Crippen molar-refractivity contribution in [3.63, 3.8) is 0 Å². The minimum atomic E-state index is -2.23. The Hall–Kier alpha value is -1.13. The molecule has 1 aliphatic heterocycles. The van der Waals surface area contributed by atoms with Gasteiger partial charge in [-0.2, -0.15) is 0 Å². The number of halogens is 1. The Balaban J connectivity index is 2.67. The van der Waals surface area contributed by atoms with E-state index in [2.05, 4.69) is 0 Å². The van der Waals surface area contributed by atoms with Crippen molar-refractivity contribution >= 4 is 11.9 Å². The predicted octanol–water partition coefficient (Wildman–Crippen LogP) is 0.0315. The first-order chi connectivity index (χ1) is 5.46. The van der Waals surface area contributed by atoms with E-state index in [1.807, 2.05) is 0 Å². The highest BCUT2D eigenvalue weighted by Crippen LogP contribution is 2.25. The van der Waals surface area contributed by atoms with Crippen molar-refractivity contribution in [1.82, 2.24) is 4.90 Å². The Morgan fingerprint density at radius 3 is 2.42 bits per heavy atom. The molecule has 0 spiro atoms. The van der Waals surface area contributed by atoms with Crippen LogP contribution < -0.4 is 0 Å². The summed E-state index contributed by atoms with van der Waals surface area (Å²) >= 11 is 0. The van der Waals surface area contributed by atoms with Gasteiger partial charge in [-0.25, -0.2) is 9.18 Å². The lowest BCUT2D eigenvalue weighted by Gasteiger charge is -2.15. The van der Waals surface area contributed by atoms with E-state index in [0.29, 0.717) is 0 Å². The van der Waals surface area contributed by atoms with E-state index in [9.17, 15) is 14.0 Å². The van der Waals surface area contributed by atoms with Gasteiger partial charge >= 0.3 is 5.97 Å². The number of hydrogen-bond donors (Lipinski definition) is 1. The van der Waals surface area contributed by atoms with Crippen LogP contribution in [-0.4, -0.2) is 40.6 Å². The molecule has 1 amide bonds. The van der Waals surface area contributed by atoms with E-state index in [0.717, 1.165) is 0 Å². The minimum absolute atomic E-state index is 0.109. The van der Waals surface area contributed by atoms with Gasteiger partial charge in [0, 0.05) is 19.9 Å². The molecule has 0 bridgehead atoms. The summed E-state index contributed by atoms with van der Waals surface area (Å²) in [6, 6.07) is 0. The molecular formula is C7H10FNO3. The highest BCUT2D eigenvalue weighted by molar-refractivity contribution is 5.81. The molecule has 0 saturated carbocycles. The van der Waals surface area contributed by atoms with E-state index in [1.165, 1.54) is 11.8 Å². The van der Waals surface area contributed by atoms with Crippen LogP contribution in [0.25, 0.3) is 0 Å². The highest BCUT2D eigenvalue weighted by atomic mass is 19.1. The largest absolute Gasteiger partial charge is 0.479 e. The van der Waals surface area contributed by atoms with Crippen LogP contribution in [0.3, 0.4) is 0 Å². The van der Waals surface area contributed by atoms with Crippen molar-refractivity contribution in [2.45, 2.75) is 19.0 Å². The molecule has 1 saturated heterocycles. The van der Waals surface area contributed by atoms with Crippen LogP contribution in [0, 0.1) is 0 Å². The van der Waals surface area contributed by atoms with Crippen LogP contribution in [0.5, 0.6) is 0 Å². The Kier molecular flexibility index (Phi) is 2.04. The van der Waals surface area contributed by atoms with Gasteiger partial charge in [-0.3, -0.25) is 4.79 Å². The Morgan fingerprint density at radius 1 is 1.58 bits per heavy atom. The molecule has 1 N–H and O–H groups in total. The zero-order valence-corrected chi connectivity index (χ0v) is 6.71. The van der Waals surface area contributed by atoms with Crippen LogP contribution in [0.1, 0.15) is 13.3 Å². The monoisotopic (exact) mass is 175 g/mol. The molecule has 12 heavy (non-hydrogen) atoms. The summed E-state index contributed by atoms with van der Waals surface area (Å²) in [6.07, 6.45) is -0.109. The summed E-state index contributed by atoms with van der Waals surface area (Å²) in [4.78, 5) is 22.3. The second-order valence-corrected chi connectivity index (χ2v) is 2.96. The number of amides is 1. The summed E-state index contributed by atoms with van der Waals surface area (Å²) < 4.78 is 13.3. The van der Waals surface area contributed by atoms with Gasteiger partial charge in [-0.05, 0) is 0 Å². The van der Waals surface area contributed by atoms with Crippen molar-refractivity contribution in [2.24, 2.45) is 0 Å². The molecule has 5 heteroatoms. The first kappa shape index (κ1) is 8.96. The van der Waals surface area contributed by atoms with Crippen LogP contribution in [0.15, 0.2) is 0 Å². The molecule has 1 atom stereocenters. The lowest BCUT2D eigenvalue weighted by atomic mass is 10.1. The van der Waals surface area contributed by atoms with Crippen LogP contribution in [0.4, 0.5) is 4.39 Å². The van der Waals surface area contributed by atoms with Gasteiger partial charge < -0.3 is 10.0 Å². The van der Waals surface area contributed by atoms with Crippen molar-refractivity contribution in [1.29, 1.82) is 0 Å². The van der Waals surface area contributed by atoms with Crippen LogP contribution >= 0.6 is 0 Å². The number of likely N-dealkylation sites (tertiary alicyclic amines) is 1. The molecule has 0 aromatic rings. The molecule has 0 radical (unpaired) electrons. The zero-order valence-electron chi connectivity index (χ0n) is 6.71. The van der Waals surface area contributed by atoms with Crippen molar-refractivity contribution < 1.29 is 19.1 Å². The molecule has 4 nitrogen and oxygen atoms in total. The van der Waals surface area contributed by atoms with Gasteiger partial charge in [-0.15, -0.1) is 0 Å². The molecule has 1 unspecified atom stereocenters. The molecule has 1 aliphatic rings. The fourth-order valence-electron chi connectivity index (χ4n) is 1.22. The van der Waals surface area contributed by atoms with Crippen LogP contribution in [0.2, 0.25) is 0 Å². The second-order valence-electron chi connectivity index (χ2n) is 2.96. The standard InChI is InChI=1S/C7H10FNO3/c1-5(10)9-3-2-7(8,4-9)6(11)12/h2-4H2,1H3,(H,11,12). The maximum Gasteiger partial charge on any atom is 0.343 e. The number of carboxylic acid groups (broad SMARTS) is 1. The number of hydrogen-bond acceptors (Lipinski definition) is 2. The molecule has 1 fully saturated rings. The van der Waals surface area contributed by atoms with E-state index in [1.54, 1.807) is 0 Å². The number of nitrogens with zero attached hydrogens (tertiary/aromatic N) is 1. The fraction of sp³-hybridized carbons (Fsp3) is 0.714. The van der Waals surface area contributed by atoms with Crippen molar-refractivity contribution in [3.05, 3.63) is 0 Å². The third kappa shape index (κ3) is 1.39. The lowest BCUT2D eigenvalue weighted by Crippen LogP contribution is -2.38. The SMILES string of the molecule is CC(=O)N1CCC(F)(C(=O)O)C1. The summed E-state index contributed by atoms with van der Waals surface area (Å²) in [5, 5.41) is 8.46. The molecular weight excluding hydrogens is 165 g/mol. The number of carbonyl (C=O) groups is 2. The Morgan fingerprint density at radius 2 is 2.17 bits per heavy atom. The first-order valence-electron chi connectivity index (χ1n) is 3.63. The average molecular weight is 175 g/mol. The van der Waals surface area contributed by atoms with Crippen molar-refractivity contribution in [3.8, 4) is 0 Å². The predicted molar refractivity (Wildman–Crippen MR) is 38.3 cm³/mol. The number of alkyl halides is 1. The summed E-state index contributed by atoms with van der Waals surface area (Å²) in [7, 11) is 0. The summed E-state index contributed by atoms with van der Waals surface area (Å²) in [5.74, 6) is -1.76. The molecule has 0 aromatic carbocycles. The normalized spacial score (nSPS) is 29.0. The van der Waals surface area contributed by atoms with Gasteiger partial charge in [0.2, 0.25) is 11.6 Å². The molecule has 68 valence electrons. The van der Waals surface area contributed by atoms with Gasteiger partial charge in [0.1, 0.15) is 0 Å². The molecule has 1 heterocycles. The van der Waals surface area contributed by atoms with Gasteiger partial charge in [-0.1, -0.05) is 0 Å². The van der Waals surface area contributed by atoms with Gasteiger partial charge in [0.25, 0.3) is 0 Å². The maximum atomic E-state index is 13.3. The smallest absolute Gasteiger partial charge is 0.343 e. The number of aliphatic carboxylic acids is 1. The number of carbonyl (C=O) groups excluding carboxylic acids is 1. The minimum Gasteiger partial charge on any atom is -0.479 e. The zero-order chi connectivity index (χ0) is 9.35. The topological polar surface area (TPSA) is 57.6 Å². The first-order valence-corrected chi connectivity index (χ1v) is 3.63. The lowest BCUT2D eigenvalue weighted by molar-refractivity contribution is -0.150.